The van der Waals surface area contributed by atoms with E-state index in [-0.39, 0.29) is 11.8 Å². The maximum absolute atomic E-state index is 11.8. The average molecular weight is 233 g/mol. The van der Waals surface area contributed by atoms with E-state index in [1.807, 2.05) is 0 Å². The molecule has 0 saturated heterocycles. The van der Waals surface area contributed by atoms with E-state index in [9.17, 15) is 13.2 Å². The van der Waals surface area contributed by atoms with Crippen molar-refractivity contribution in [2.45, 2.75) is 26.4 Å². The van der Waals surface area contributed by atoms with Crippen molar-refractivity contribution in [2.24, 2.45) is 11.8 Å². The summed E-state index contributed by atoms with van der Waals surface area (Å²) in [7, 11) is 0. The quantitative estimate of drug-likeness (QED) is 0.653. The number of rotatable bonds is 3. The van der Waals surface area contributed by atoms with Crippen molar-refractivity contribution < 1.29 is 13.2 Å². The second-order valence-corrected chi connectivity index (χ2v) is 3.63. The van der Waals surface area contributed by atoms with E-state index in [0.717, 1.165) is 0 Å². The van der Waals surface area contributed by atoms with Gasteiger partial charge in [-0.3, -0.25) is 0 Å². The Bertz CT molecular complexity index is 109. The highest BCUT2D eigenvalue weighted by Crippen LogP contribution is 2.29. The molecule has 0 N–H and O–H groups in total. The van der Waals surface area contributed by atoms with E-state index in [1.54, 1.807) is 13.8 Å². The fourth-order valence-corrected chi connectivity index (χ4v) is 1.74. The van der Waals surface area contributed by atoms with Gasteiger partial charge in [-0.25, -0.2) is 0 Å². The molecule has 0 nitrogen and oxygen atoms in total. The SMILES string of the molecule is CC(C)[C@@H](CBr)CC(F)(F)F. The summed E-state index contributed by atoms with van der Waals surface area (Å²) in [5.41, 5.74) is 0. The van der Waals surface area contributed by atoms with Gasteiger partial charge in [-0.1, -0.05) is 29.8 Å². The van der Waals surface area contributed by atoms with E-state index in [4.69, 9.17) is 0 Å². The van der Waals surface area contributed by atoms with Crippen molar-refractivity contribution in [1.82, 2.24) is 0 Å². The van der Waals surface area contributed by atoms with E-state index < -0.39 is 12.6 Å². The van der Waals surface area contributed by atoms with Crippen LogP contribution < -0.4 is 0 Å². The summed E-state index contributed by atoms with van der Waals surface area (Å²) in [6, 6.07) is 0. The zero-order valence-electron chi connectivity index (χ0n) is 6.58. The van der Waals surface area contributed by atoms with Crippen LogP contribution in [-0.2, 0) is 0 Å². The molecule has 11 heavy (non-hydrogen) atoms. The van der Waals surface area contributed by atoms with Gasteiger partial charge in [0, 0.05) is 11.8 Å². The van der Waals surface area contributed by atoms with Crippen LogP contribution in [0.2, 0.25) is 0 Å². The molecule has 0 aromatic heterocycles. The Morgan fingerprint density at radius 1 is 1.27 bits per heavy atom. The molecule has 68 valence electrons. The highest BCUT2D eigenvalue weighted by molar-refractivity contribution is 9.09. The predicted molar refractivity (Wildman–Crippen MR) is 42.8 cm³/mol. The monoisotopic (exact) mass is 232 g/mol. The summed E-state index contributed by atoms with van der Waals surface area (Å²) in [6.45, 7) is 3.61. The lowest BCUT2D eigenvalue weighted by Gasteiger charge is -2.19. The van der Waals surface area contributed by atoms with Crippen LogP contribution in [0, 0.1) is 11.8 Å². The third-order valence-corrected chi connectivity index (χ3v) is 2.47. The fraction of sp³-hybridized carbons (Fsp3) is 1.00. The van der Waals surface area contributed by atoms with Gasteiger partial charge in [0.25, 0.3) is 0 Å². The molecule has 0 bridgehead atoms. The van der Waals surface area contributed by atoms with Crippen LogP contribution in [0.15, 0.2) is 0 Å². The summed E-state index contributed by atoms with van der Waals surface area (Å²) in [6.07, 6.45) is -4.71. The Morgan fingerprint density at radius 2 is 1.73 bits per heavy atom. The molecular weight excluding hydrogens is 221 g/mol. The molecule has 0 saturated carbocycles. The van der Waals surface area contributed by atoms with Crippen LogP contribution in [0.4, 0.5) is 13.2 Å². The lowest BCUT2D eigenvalue weighted by Crippen LogP contribution is -2.20. The first-order valence-electron chi connectivity index (χ1n) is 3.49. The lowest BCUT2D eigenvalue weighted by atomic mass is 9.94. The molecule has 0 aliphatic carbocycles. The van der Waals surface area contributed by atoms with Gasteiger partial charge >= 0.3 is 6.18 Å². The summed E-state index contributed by atoms with van der Waals surface area (Å²) in [5, 5.41) is 0.421. The number of halogens is 4. The van der Waals surface area contributed by atoms with Crippen molar-refractivity contribution >= 4 is 15.9 Å². The molecule has 0 aliphatic heterocycles. The largest absolute Gasteiger partial charge is 0.389 e. The van der Waals surface area contributed by atoms with Gasteiger partial charge in [0.1, 0.15) is 0 Å². The number of hydrogen-bond donors (Lipinski definition) is 0. The number of alkyl halides is 4. The van der Waals surface area contributed by atoms with Crippen LogP contribution in [0.1, 0.15) is 20.3 Å². The van der Waals surface area contributed by atoms with Crippen molar-refractivity contribution in [1.29, 1.82) is 0 Å². The molecule has 0 heterocycles. The Morgan fingerprint density at radius 3 is 1.82 bits per heavy atom. The van der Waals surface area contributed by atoms with Crippen molar-refractivity contribution in [2.75, 3.05) is 5.33 Å². The van der Waals surface area contributed by atoms with Crippen LogP contribution in [-0.4, -0.2) is 11.5 Å². The first kappa shape index (κ1) is 11.3. The Kier molecular flexibility index (Phi) is 4.44. The fourth-order valence-electron chi connectivity index (χ4n) is 0.766. The Balaban J connectivity index is 3.88. The molecule has 1 atom stereocenters. The molecule has 0 amide bonds. The lowest BCUT2D eigenvalue weighted by molar-refractivity contribution is -0.145. The summed E-state index contributed by atoms with van der Waals surface area (Å²) >= 11 is 3.07. The average Bonchev–Trinajstić information content (AvgIpc) is 1.80. The molecule has 4 heteroatoms. The minimum atomic E-state index is -4.03. The Hall–Kier alpha value is 0.270. The first-order valence-corrected chi connectivity index (χ1v) is 4.61. The zero-order chi connectivity index (χ0) is 9.07. The van der Waals surface area contributed by atoms with E-state index in [2.05, 4.69) is 15.9 Å². The minimum Gasteiger partial charge on any atom is -0.171 e. The highest BCUT2D eigenvalue weighted by Gasteiger charge is 2.32. The molecule has 0 aromatic rings. The molecular formula is C7H12BrF3. The van der Waals surface area contributed by atoms with Gasteiger partial charge in [-0.05, 0) is 11.8 Å². The second kappa shape index (κ2) is 4.33. The molecule has 0 spiro atoms. The smallest absolute Gasteiger partial charge is 0.171 e. The summed E-state index contributed by atoms with van der Waals surface area (Å²) in [5.74, 6) is -0.217. The highest BCUT2D eigenvalue weighted by atomic mass is 79.9. The molecule has 0 unspecified atom stereocenters. The van der Waals surface area contributed by atoms with Gasteiger partial charge < -0.3 is 0 Å². The first-order chi connectivity index (χ1) is 4.87. The molecule has 0 rings (SSSR count). The standard InChI is InChI=1S/C7H12BrF3/c1-5(2)6(4-8)3-7(9,10)11/h5-6H,3-4H2,1-2H3/t6-/m1/s1. The van der Waals surface area contributed by atoms with E-state index in [0.29, 0.717) is 5.33 Å². The van der Waals surface area contributed by atoms with Crippen LogP contribution in [0.25, 0.3) is 0 Å². The van der Waals surface area contributed by atoms with Crippen molar-refractivity contribution in [3.05, 3.63) is 0 Å². The van der Waals surface area contributed by atoms with Crippen molar-refractivity contribution in [3.63, 3.8) is 0 Å². The zero-order valence-corrected chi connectivity index (χ0v) is 8.17. The van der Waals surface area contributed by atoms with E-state index >= 15 is 0 Å². The maximum atomic E-state index is 11.8. The van der Waals surface area contributed by atoms with Gasteiger partial charge in [0.2, 0.25) is 0 Å². The maximum Gasteiger partial charge on any atom is 0.389 e. The molecule has 0 aliphatic rings. The summed E-state index contributed by atoms with van der Waals surface area (Å²) in [4.78, 5) is 0. The van der Waals surface area contributed by atoms with E-state index in [1.165, 1.54) is 0 Å². The minimum absolute atomic E-state index is 0.0796. The van der Waals surface area contributed by atoms with Crippen molar-refractivity contribution in [3.8, 4) is 0 Å². The summed E-state index contributed by atoms with van der Waals surface area (Å²) < 4.78 is 35.5. The number of hydrogen-bond acceptors (Lipinski definition) is 0. The molecule has 0 fully saturated rings. The third kappa shape index (κ3) is 5.53. The molecule has 0 aromatic carbocycles. The van der Waals surface area contributed by atoms with Gasteiger partial charge in [0.05, 0.1) is 0 Å². The second-order valence-electron chi connectivity index (χ2n) is 2.98. The van der Waals surface area contributed by atoms with Crippen LogP contribution in [0.3, 0.4) is 0 Å². The van der Waals surface area contributed by atoms with Gasteiger partial charge in [-0.2, -0.15) is 13.2 Å². The molecule has 0 radical (unpaired) electrons. The normalized spacial score (nSPS) is 15.5. The third-order valence-electron chi connectivity index (χ3n) is 1.63. The predicted octanol–water partition coefficient (Wildman–Crippen LogP) is 3.61. The van der Waals surface area contributed by atoms with Gasteiger partial charge in [-0.15, -0.1) is 0 Å². The van der Waals surface area contributed by atoms with Gasteiger partial charge in [0.15, 0.2) is 0 Å². The van der Waals surface area contributed by atoms with Crippen LogP contribution >= 0.6 is 15.9 Å². The topological polar surface area (TPSA) is 0 Å². The van der Waals surface area contributed by atoms with Crippen LogP contribution in [0.5, 0.6) is 0 Å². The Labute approximate surface area is 73.3 Å².